The van der Waals surface area contributed by atoms with Gasteiger partial charge in [-0.25, -0.2) is 0 Å². The normalized spacial score (nSPS) is 20.3. The molecule has 1 atom stereocenters. The summed E-state index contributed by atoms with van der Waals surface area (Å²) >= 11 is 7.30. The molecule has 0 unspecified atom stereocenters. The molecule has 1 amide bonds. The minimum Gasteiger partial charge on any atom is -0.389 e. The van der Waals surface area contributed by atoms with Gasteiger partial charge in [0, 0.05) is 11.9 Å². The Morgan fingerprint density at radius 3 is 3.06 bits per heavy atom. The van der Waals surface area contributed by atoms with E-state index in [1.165, 1.54) is 16.4 Å². The van der Waals surface area contributed by atoms with Gasteiger partial charge < -0.3 is 10.0 Å². The molecule has 0 aliphatic carbocycles. The quantitative estimate of drug-likeness (QED) is 0.898. The number of nitrogens with zero attached hydrogens (tertiary/aromatic N) is 2. The topological polar surface area (TPSA) is 53.0 Å². The van der Waals surface area contributed by atoms with Crippen molar-refractivity contribution in [3.8, 4) is 0 Å². The van der Waals surface area contributed by atoms with Crippen LogP contribution in [0.1, 0.15) is 4.88 Å². The molecule has 1 aromatic heterocycles. The Balaban J connectivity index is 1.81. The number of carbonyl (C=O) groups excluding carboxylic acids is 1. The third-order valence-corrected chi connectivity index (χ3v) is 3.84. The van der Waals surface area contributed by atoms with E-state index in [4.69, 9.17) is 16.4 Å². The van der Waals surface area contributed by atoms with Gasteiger partial charge in [-0.3, -0.25) is 9.63 Å². The summed E-state index contributed by atoms with van der Waals surface area (Å²) in [5.74, 6) is -0.0476. The fourth-order valence-electron chi connectivity index (χ4n) is 1.67. The average Bonchev–Trinajstić information content (AvgIpc) is 2.88. The Morgan fingerprint density at radius 2 is 2.50 bits per heavy atom. The molecule has 0 aromatic carbocycles. The molecule has 7 heteroatoms. The molecule has 100 valence electrons. The van der Waals surface area contributed by atoms with Gasteiger partial charge >= 0.3 is 0 Å². The first-order chi connectivity index (χ1) is 8.54. The van der Waals surface area contributed by atoms with E-state index in [-0.39, 0.29) is 19.1 Å². The zero-order chi connectivity index (χ0) is 13.1. The first-order valence-corrected chi connectivity index (χ1v) is 6.78. The molecule has 1 saturated heterocycles. The molecule has 0 saturated carbocycles. The second kappa shape index (κ2) is 5.99. The summed E-state index contributed by atoms with van der Waals surface area (Å²) in [5.41, 5.74) is 0. The summed E-state index contributed by atoms with van der Waals surface area (Å²) < 4.78 is 0.719. The lowest BCUT2D eigenvalue weighted by molar-refractivity contribution is -0.150. The van der Waals surface area contributed by atoms with E-state index in [0.29, 0.717) is 13.1 Å². The SMILES string of the molecule is CN(Cc1ccc(Cl)s1)C(=O)CN1C[C@@H](O)CO1. The largest absolute Gasteiger partial charge is 0.389 e. The number of rotatable bonds is 4. The van der Waals surface area contributed by atoms with Crippen LogP contribution in [0.3, 0.4) is 0 Å². The van der Waals surface area contributed by atoms with Gasteiger partial charge in [0.15, 0.2) is 0 Å². The van der Waals surface area contributed by atoms with E-state index in [9.17, 15) is 9.90 Å². The minimum absolute atomic E-state index is 0.0476. The smallest absolute Gasteiger partial charge is 0.239 e. The number of hydrogen-bond donors (Lipinski definition) is 1. The van der Waals surface area contributed by atoms with Crippen molar-refractivity contribution in [1.82, 2.24) is 9.96 Å². The van der Waals surface area contributed by atoms with Crippen LogP contribution in [0, 0.1) is 0 Å². The summed E-state index contributed by atoms with van der Waals surface area (Å²) in [6.45, 7) is 1.33. The van der Waals surface area contributed by atoms with E-state index in [0.717, 1.165) is 9.21 Å². The second-order valence-electron chi connectivity index (χ2n) is 4.23. The molecule has 1 aliphatic rings. The predicted molar refractivity (Wildman–Crippen MR) is 69.3 cm³/mol. The summed E-state index contributed by atoms with van der Waals surface area (Å²) in [5, 5.41) is 10.8. The van der Waals surface area contributed by atoms with Crippen LogP contribution in [0.25, 0.3) is 0 Å². The zero-order valence-corrected chi connectivity index (χ0v) is 11.6. The van der Waals surface area contributed by atoms with Gasteiger partial charge in [-0.15, -0.1) is 11.3 Å². The number of carbonyl (C=O) groups is 1. The number of likely N-dealkylation sites (N-methyl/N-ethyl adjacent to an activating group) is 1. The maximum Gasteiger partial charge on any atom is 0.239 e. The molecule has 0 bridgehead atoms. The van der Waals surface area contributed by atoms with Crippen LogP contribution in [0.4, 0.5) is 0 Å². The van der Waals surface area contributed by atoms with Crippen molar-refractivity contribution in [3.05, 3.63) is 21.3 Å². The number of halogens is 1. The summed E-state index contributed by atoms with van der Waals surface area (Å²) in [6.07, 6.45) is -0.501. The number of thiophene rings is 1. The number of aliphatic hydroxyl groups is 1. The van der Waals surface area contributed by atoms with Crippen LogP contribution in [-0.2, 0) is 16.2 Å². The third-order valence-electron chi connectivity index (χ3n) is 2.62. The van der Waals surface area contributed by atoms with Gasteiger partial charge in [0.2, 0.25) is 5.91 Å². The second-order valence-corrected chi connectivity index (χ2v) is 6.03. The zero-order valence-electron chi connectivity index (χ0n) is 10.0. The first kappa shape index (κ1) is 13.8. The summed E-state index contributed by atoms with van der Waals surface area (Å²) in [4.78, 5) is 19.7. The van der Waals surface area contributed by atoms with Crippen LogP contribution < -0.4 is 0 Å². The molecule has 18 heavy (non-hydrogen) atoms. The van der Waals surface area contributed by atoms with Crippen LogP contribution in [0.15, 0.2) is 12.1 Å². The van der Waals surface area contributed by atoms with E-state index < -0.39 is 6.10 Å². The van der Waals surface area contributed by atoms with E-state index in [1.54, 1.807) is 11.9 Å². The fraction of sp³-hybridized carbons (Fsp3) is 0.545. The molecule has 0 radical (unpaired) electrons. The summed E-state index contributed by atoms with van der Waals surface area (Å²) in [7, 11) is 1.74. The molecule has 1 N–H and O–H groups in total. The van der Waals surface area contributed by atoms with E-state index >= 15 is 0 Å². The minimum atomic E-state index is -0.501. The number of hydroxylamine groups is 2. The van der Waals surface area contributed by atoms with Crippen molar-refractivity contribution in [3.63, 3.8) is 0 Å². The molecular formula is C11H15ClN2O3S. The van der Waals surface area contributed by atoms with Crippen LogP contribution >= 0.6 is 22.9 Å². The maximum absolute atomic E-state index is 11.9. The monoisotopic (exact) mass is 290 g/mol. The summed E-state index contributed by atoms with van der Waals surface area (Å²) in [6, 6.07) is 3.73. The fourth-order valence-corrected chi connectivity index (χ4v) is 2.81. The van der Waals surface area contributed by atoms with Crippen molar-refractivity contribution in [2.45, 2.75) is 12.6 Å². The predicted octanol–water partition coefficient (Wildman–Crippen LogP) is 0.968. The lowest BCUT2D eigenvalue weighted by Gasteiger charge is -2.19. The Morgan fingerprint density at radius 1 is 1.72 bits per heavy atom. The van der Waals surface area contributed by atoms with Crippen molar-refractivity contribution in [2.24, 2.45) is 0 Å². The Kier molecular flexibility index (Phi) is 4.58. The van der Waals surface area contributed by atoms with Gasteiger partial charge in [-0.2, -0.15) is 5.06 Å². The third kappa shape index (κ3) is 3.66. The van der Waals surface area contributed by atoms with Crippen molar-refractivity contribution in [1.29, 1.82) is 0 Å². The van der Waals surface area contributed by atoms with Crippen molar-refractivity contribution in [2.75, 3.05) is 26.7 Å². The molecular weight excluding hydrogens is 276 g/mol. The lowest BCUT2D eigenvalue weighted by Crippen LogP contribution is -2.36. The van der Waals surface area contributed by atoms with Gasteiger partial charge in [-0.1, -0.05) is 11.6 Å². The number of amides is 1. The standard InChI is InChI=1S/C11H15ClN2O3S/c1-13(5-9-2-3-10(12)18-9)11(16)6-14-4-8(15)7-17-14/h2-3,8,15H,4-7H2,1H3/t8-/m1/s1. The van der Waals surface area contributed by atoms with Crippen LogP contribution in [0.5, 0.6) is 0 Å². The molecule has 0 spiro atoms. The van der Waals surface area contributed by atoms with Gasteiger partial charge in [0.25, 0.3) is 0 Å². The average molecular weight is 291 g/mol. The maximum atomic E-state index is 11.9. The molecule has 1 aliphatic heterocycles. The van der Waals surface area contributed by atoms with Crippen molar-refractivity contribution >= 4 is 28.8 Å². The molecule has 1 fully saturated rings. The Hall–Kier alpha value is -0.660. The highest BCUT2D eigenvalue weighted by Gasteiger charge is 2.24. The highest BCUT2D eigenvalue weighted by Crippen LogP contribution is 2.22. The Labute approximate surface area is 114 Å². The molecule has 1 aromatic rings. The highest BCUT2D eigenvalue weighted by atomic mass is 35.5. The van der Waals surface area contributed by atoms with E-state index in [1.807, 2.05) is 12.1 Å². The van der Waals surface area contributed by atoms with Gasteiger partial charge in [-0.05, 0) is 12.1 Å². The number of hydrogen-bond acceptors (Lipinski definition) is 5. The highest BCUT2D eigenvalue weighted by molar-refractivity contribution is 7.16. The van der Waals surface area contributed by atoms with Crippen LogP contribution in [0.2, 0.25) is 4.34 Å². The molecule has 2 rings (SSSR count). The van der Waals surface area contributed by atoms with Crippen molar-refractivity contribution < 1.29 is 14.7 Å². The van der Waals surface area contributed by atoms with Gasteiger partial charge in [0.05, 0.1) is 30.1 Å². The van der Waals surface area contributed by atoms with Gasteiger partial charge in [0.1, 0.15) is 6.54 Å². The number of β-amino-alcohol motifs (C(OH)–C–C–N with tert-alkyl or cyclic N) is 1. The Bertz CT molecular complexity index is 426. The molecule has 5 nitrogen and oxygen atoms in total. The molecule has 2 heterocycles. The first-order valence-electron chi connectivity index (χ1n) is 5.58. The number of aliphatic hydroxyl groups excluding tert-OH is 1. The van der Waals surface area contributed by atoms with Crippen LogP contribution in [-0.4, -0.2) is 53.8 Å². The van der Waals surface area contributed by atoms with E-state index in [2.05, 4.69) is 0 Å². The lowest BCUT2D eigenvalue weighted by atomic mass is 10.4.